The lowest BCUT2D eigenvalue weighted by Gasteiger charge is -2.10. The summed E-state index contributed by atoms with van der Waals surface area (Å²) in [6, 6.07) is 22.3. The topological polar surface area (TPSA) is 9.23 Å². The van der Waals surface area contributed by atoms with Crippen LogP contribution in [0.4, 0.5) is 22.0 Å². The van der Waals surface area contributed by atoms with Crippen LogP contribution in [0.25, 0.3) is 33.4 Å². The zero-order chi connectivity index (χ0) is 25.7. The Labute approximate surface area is 206 Å². The van der Waals surface area contributed by atoms with E-state index in [0.717, 1.165) is 41.7 Å². The Bertz CT molecular complexity index is 1340. The molecule has 1 nitrogen and oxygen atoms in total. The molecule has 0 fully saturated rings. The molecule has 0 N–H and O–H groups in total. The minimum absolute atomic E-state index is 0.00462. The molecule has 0 unspecified atom stereocenters. The van der Waals surface area contributed by atoms with E-state index in [0.29, 0.717) is 17.9 Å². The molecule has 0 saturated carbocycles. The van der Waals surface area contributed by atoms with Crippen LogP contribution in [0.3, 0.4) is 0 Å². The number of benzene rings is 4. The summed E-state index contributed by atoms with van der Waals surface area (Å²) in [4.78, 5) is 0. The third-order valence-corrected chi connectivity index (χ3v) is 5.73. The summed E-state index contributed by atoms with van der Waals surface area (Å²) in [5.41, 5.74) is 4.77. The molecule has 184 valence electrons. The normalized spacial score (nSPS) is 11.4. The molecule has 36 heavy (non-hydrogen) atoms. The van der Waals surface area contributed by atoms with Crippen molar-refractivity contribution < 1.29 is 26.7 Å². The fourth-order valence-electron chi connectivity index (χ4n) is 3.93. The fraction of sp³-hybridized carbons (Fsp3) is 0.133. The second kappa shape index (κ2) is 11.2. The van der Waals surface area contributed by atoms with Crippen LogP contribution >= 0.6 is 0 Å². The summed E-state index contributed by atoms with van der Waals surface area (Å²) in [5, 5.41) is 0. The summed E-state index contributed by atoms with van der Waals surface area (Å²) in [7, 11) is 0. The molecular formula is C30H23F5O. The van der Waals surface area contributed by atoms with E-state index in [1.807, 2.05) is 24.3 Å². The fourth-order valence-corrected chi connectivity index (χ4v) is 3.93. The van der Waals surface area contributed by atoms with E-state index >= 15 is 0 Å². The Hall–Kier alpha value is -3.93. The molecule has 0 radical (unpaired) electrons. The maximum atomic E-state index is 15.0. The molecular weight excluding hydrogens is 471 g/mol. The zero-order valence-electron chi connectivity index (χ0n) is 19.4. The predicted molar refractivity (Wildman–Crippen MR) is 132 cm³/mol. The van der Waals surface area contributed by atoms with Gasteiger partial charge in [-0.25, -0.2) is 22.0 Å². The highest BCUT2D eigenvalue weighted by Gasteiger charge is 2.16. The Morgan fingerprint density at radius 3 is 1.69 bits per heavy atom. The predicted octanol–water partition coefficient (Wildman–Crippen LogP) is 9.21. The lowest BCUT2D eigenvalue weighted by atomic mass is 9.97. The smallest absolute Gasteiger partial charge is 0.260 e. The summed E-state index contributed by atoms with van der Waals surface area (Å²) < 4.78 is 72.6. The van der Waals surface area contributed by atoms with Crippen molar-refractivity contribution in [3.05, 3.63) is 114 Å². The van der Waals surface area contributed by atoms with Crippen molar-refractivity contribution in [1.82, 2.24) is 0 Å². The summed E-state index contributed by atoms with van der Waals surface area (Å²) in [6.45, 7) is 2.14. The summed E-state index contributed by atoms with van der Waals surface area (Å²) >= 11 is 0. The number of halogens is 5. The first-order chi connectivity index (χ1) is 17.4. The van der Waals surface area contributed by atoms with Gasteiger partial charge in [0, 0.05) is 11.6 Å². The van der Waals surface area contributed by atoms with Crippen LogP contribution in [0.5, 0.6) is 5.75 Å². The van der Waals surface area contributed by atoms with Crippen LogP contribution < -0.4 is 4.74 Å². The minimum atomic E-state index is -2.82. The van der Waals surface area contributed by atoms with Crippen molar-refractivity contribution in [1.29, 1.82) is 0 Å². The van der Waals surface area contributed by atoms with E-state index in [1.165, 1.54) is 17.7 Å². The van der Waals surface area contributed by atoms with Gasteiger partial charge in [-0.1, -0.05) is 74.0 Å². The molecule has 0 bridgehead atoms. The van der Waals surface area contributed by atoms with Crippen molar-refractivity contribution in [2.45, 2.75) is 26.2 Å². The second-order valence-electron chi connectivity index (χ2n) is 8.27. The maximum absolute atomic E-state index is 15.0. The molecule has 0 atom stereocenters. The first kappa shape index (κ1) is 25.2. The number of allylic oxidation sites excluding steroid dienone is 1. The Morgan fingerprint density at radius 2 is 1.17 bits per heavy atom. The molecule has 4 rings (SSSR count). The molecule has 0 aromatic heterocycles. The molecule has 6 heteroatoms. The Morgan fingerprint density at radius 1 is 0.667 bits per heavy atom. The van der Waals surface area contributed by atoms with Gasteiger partial charge in [-0.3, -0.25) is 0 Å². The largest absolute Gasteiger partial charge is 0.459 e. The third-order valence-electron chi connectivity index (χ3n) is 5.73. The van der Waals surface area contributed by atoms with Gasteiger partial charge in [-0.2, -0.15) is 0 Å². The number of ether oxygens (including phenoxy) is 1. The van der Waals surface area contributed by atoms with Gasteiger partial charge in [0.15, 0.2) is 17.4 Å². The lowest BCUT2D eigenvalue weighted by Crippen LogP contribution is -1.96. The van der Waals surface area contributed by atoms with Gasteiger partial charge in [0.2, 0.25) is 0 Å². The Balaban J connectivity index is 1.55. The standard InChI is InChI=1S/C30H23F5O/c1-2-3-19-4-6-20(7-5-19)21-8-10-22(11-9-21)23-12-13-25(26(31)16-23)24-17-27(32)30(28(33)18-24)36-15-14-29(34)35/h4-18,29H,2-3H2,1H3. The van der Waals surface area contributed by atoms with Crippen molar-refractivity contribution in [3.8, 4) is 39.1 Å². The molecule has 0 aliphatic heterocycles. The number of alkyl halides is 2. The van der Waals surface area contributed by atoms with Gasteiger partial charge < -0.3 is 4.74 Å². The highest BCUT2D eigenvalue weighted by Crippen LogP contribution is 2.33. The van der Waals surface area contributed by atoms with Crippen LogP contribution in [0, 0.1) is 17.5 Å². The van der Waals surface area contributed by atoms with Crippen molar-refractivity contribution in [2.75, 3.05) is 0 Å². The molecule has 0 spiro atoms. The van der Waals surface area contributed by atoms with Crippen LogP contribution in [-0.4, -0.2) is 6.43 Å². The van der Waals surface area contributed by atoms with Crippen LogP contribution in [0.15, 0.2) is 91.2 Å². The summed E-state index contributed by atoms with van der Waals surface area (Å²) in [5.74, 6) is -3.77. The molecule has 0 aliphatic rings. The number of hydrogen-bond donors (Lipinski definition) is 0. The van der Waals surface area contributed by atoms with Gasteiger partial charge in [-0.05, 0) is 58.0 Å². The van der Waals surface area contributed by atoms with Crippen LogP contribution in [-0.2, 0) is 6.42 Å². The Kier molecular flexibility index (Phi) is 7.84. The van der Waals surface area contributed by atoms with Crippen molar-refractivity contribution >= 4 is 0 Å². The van der Waals surface area contributed by atoms with E-state index in [2.05, 4.69) is 35.9 Å². The molecule has 0 saturated heterocycles. The lowest BCUT2D eigenvalue weighted by molar-refractivity contribution is 0.200. The second-order valence-corrected chi connectivity index (χ2v) is 8.27. The van der Waals surface area contributed by atoms with Crippen molar-refractivity contribution in [2.24, 2.45) is 0 Å². The maximum Gasteiger partial charge on any atom is 0.260 e. The van der Waals surface area contributed by atoms with Crippen LogP contribution in [0.2, 0.25) is 0 Å². The molecule has 0 heterocycles. The highest BCUT2D eigenvalue weighted by molar-refractivity contribution is 5.74. The van der Waals surface area contributed by atoms with Gasteiger partial charge in [0.1, 0.15) is 5.82 Å². The third kappa shape index (κ3) is 5.82. The average molecular weight is 495 g/mol. The van der Waals surface area contributed by atoms with E-state index < -0.39 is 29.6 Å². The molecule has 0 amide bonds. The number of hydrogen-bond acceptors (Lipinski definition) is 1. The van der Waals surface area contributed by atoms with Gasteiger partial charge in [0.05, 0.1) is 6.26 Å². The quantitative estimate of drug-likeness (QED) is 0.175. The number of aryl methyl sites for hydroxylation is 1. The van der Waals surface area contributed by atoms with Gasteiger partial charge in [0.25, 0.3) is 6.43 Å². The summed E-state index contributed by atoms with van der Waals surface area (Å²) in [6.07, 6.45) is 0.163. The molecule has 0 aliphatic carbocycles. The van der Waals surface area contributed by atoms with Gasteiger partial charge in [-0.15, -0.1) is 0 Å². The average Bonchev–Trinajstić information content (AvgIpc) is 2.86. The first-order valence-corrected chi connectivity index (χ1v) is 11.5. The van der Waals surface area contributed by atoms with E-state index in [9.17, 15) is 22.0 Å². The highest BCUT2D eigenvalue weighted by atomic mass is 19.3. The van der Waals surface area contributed by atoms with E-state index in [4.69, 9.17) is 0 Å². The molecule has 4 aromatic carbocycles. The molecule has 4 aromatic rings. The van der Waals surface area contributed by atoms with E-state index in [-0.39, 0.29) is 11.1 Å². The first-order valence-electron chi connectivity index (χ1n) is 11.5. The minimum Gasteiger partial charge on any atom is -0.459 e. The van der Waals surface area contributed by atoms with E-state index in [1.54, 1.807) is 6.07 Å². The monoisotopic (exact) mass is 494 g/mol. The van der Waals surface area contributed by atoms with Gasteiger partial charge >= 0.3 is 0 Å². The van der Waals surface area contributed by atoms with Crippen molar-refractivity contribution in [3.63, 3.8) is 0 Å². The number of rotatable bonds is 8. The van der Waals surface area contributed by atoms with Crippen LogP contribution in [0.1, 0.15) is 18.9 Å². The SMILES string of the molecule is CCCc1ccc(-c2ccc(-c3ccc(-c4cc(F)c(OC=CC(F)F)c(F)c4)c(F)c3)cc2)cc1. The zero-order valence-corrected chi connectivity index (χ0v) is 19.4.